The van der Waals surface area contributed by atoms with Gasteiger partial charge in [-0.1, -0.05) is 51.4 Å². The summed E-state index contributed by atoms with van der Waals surface area (Å²) in [4.78, 5) is 30.6. The highest BCUT2D eigenvalue weighted by molar-refractivity contribution is 9.10. The fraction of sp³-hybridized carbons (Fsp3) is 0.0476. The Kier molecular flexibility index (Phi) is 4.68. The van der Waals surface area contributed by atoms with Crippen molar-refractivity contribution in [1.82, 2.24) is 19.3 Å². The number of nitrogens with zero attached hydrogens (tertiary/aromatic N) is 4. The standard InChI is InChI=1S/C21H13BrN4O3S/c22-14-6-4-5-13(11-14)19-23-17(29-24-19)12-25-16-9-10-30-18(16)20(27)26(21(25)28)15-7-2-1-3-8-15/h1-11H,12H2. The Morgan fingerprint density at radius 2 is 1.87 bits per heavy atom. The van der Waals surface area contributed by atoms with Gasteiger partial charge in [0.1, 0.15) is 11.2 Å². The highest BCUT2D eigenvalue weighted by atomic mass is 79.9. The Hall–Kier alpha value is -3.30. The van der Waals surface area contributed by atoms with E-state index in [0.717, 1.165) is 10.0 Å². The van der Waals surface area contributed by atoms with Crippen LogP contribution in [0.4, 0.5) is 0 Å². The monoisotopic (exact) mass is 480 g/mol. The molecule has 0 saturated carbocycles. The molecule has 0 amide bonds. The molecule has 0 fully saturated rings. The maximum Gasteiger partial charge on any atom is 0.336 e. The SMILES string of the molecule is O=c1c2sccc2n(Cc2nc(-c3cccc(Br)c3)no2)c(=O)n1-c1ccccc1. The van der Waals surface area contributed by atoms with Gasteiger partial charge in [0.05, 0.1) is 11.2 Å². The van der Waals surface area contributed by atoms with E-state index in [1.807, 2.05) is 30.3 Å². The van der Waals surface area contributed by atoms with Crippen LogP contribution in [0.2, 0.25) is 0 Å². The van der Waals surface area contributed by atoms with E-state index in [2.05, 4.69) is 26.1 Å². The largest absolute Gasteiger partial charge is 0.337 e. The van der Waals surface area contributed by atoms with Crippen LogP contribution in [0, 0.1) is 0 Å². The molecule has 0 radical (unpaired) electrons. The number of aromatic nitrogens is 4. The normalized spacial score (nSPS) is 11.2. The molecule has 7 nitrogen and oxygen atoms in total. The third-order valence-corrected chi connectivity index (χ3v) is 6.00. The fourth-order valence-corrected chi connectivity index (χ4v) is 4.47. The number of para-hydroxylation sites is 1. The van der Waals surface area contributed by atoms with Gasteiger partial charge < -0.3 is 4.52 Å². The highest BCUT2D eigenvalue weighted by Gasteiger charge is 2.18. The van der Waals surface area contributed by atoms with Crippen molar-refractivity contribution in [2.75, 3.05) is 0 Å². The van der Waals surface area contributed by atoms with Crippen LogP contribution in [-0.4, -0.2) is 19.3 Å². The Bertz CT molecular complexity index is 1480. The number of benzene rings is 2. The summed E-state index contributed by atoms with van der Waals surface area (Å²) in [5.74, 6) is 0.704. The summed E-state index contributed by atoms with van der Waals surface area (Å²) in [6, 6.07) is 18.1. The van der Waals surface area contributed by atoms with Crippen molar-refractivity contribution in [1.29, 1.82) is 0 Å². The minimum Gasteiger partial charge on any atom is -0.337 e. The topological polar surface area (TPSA) is 82.9 Å². The van der Waals surface area contributed by atoms with Crippen LogP contribution in [0.1, 0.15) is 5.89 Å². The number of hydrogen-bond acceptors (Lipinski definition) is 6. The zero-order valence-electron chi connectivity index (χ0n) is 15.4. The Morgan fingerprint density at radius 3 is 2.67 bits per heavy atom. The molecule has 2 aromatic carbocycles. The lowest BCUT2D eigenvalue weighted by atomic mass is 10.2. The highest BCUT2D eigenvalue weighted by Crippen LogP contribution is 2.21. The van der Waals surface area contributed by atoms with Crippen LogP contribution in [0.15, 0.2) is 84.6 Å². The van der Waals surface area contributed by atoms with Crippen molar-refractivity contribution < 1.29 is 4.52 Å². The van der Waals surface area contributed by atoms with E-state index in [-0.39, 0.29) is 18.0 Å². The molecule has 0 N–H and O–H groups in total. The van der Waals surface area contributed by atoms with Gasteiger partial charge in [-0.05, 0) is 35.7 Å². The molecule has 0 saturated heterocycles. The summed E-state index contributed by atoms with van der Waals surface area (Å²) in [5.41, 5.74) is 1.05. The molecule has 0 spiro atoms. The van der Waals surface area contributed by atoms with Gasteiger partial charge in [-0.3, -0.25) is 9.36 Å². The smallest absolute Gasteiger partial charge is 0.336 e. The van der Waals surface area contributed by atoms with Crippen molar-refractivity contribution in [3.63, 3.8) is 0 Å². The van der Waals surface area contributed by atoms with E-state index in [9.17, 15) is 9.59 Å². The summed E-state index contributed by atoms with van der Waals surface area (Å²) in [7, 11) is 0. The minimum absolute atomic E-state index is 0.0557. The molecule has 5 rings (SSSR count). The second-order valence-corrected chi connectivity index (χ2v) is 8.33. The third kappa shape index (κ3) is 3.21. The summed E-state index contributed by atoms with van der Waals surface area (Å²) < 4.78 is 9.45. The van der Waals surface area contributed by atoms with E-state index < -0.39 is 5.69 Å². The van der Waals surface area contributed by atoms with Gasteiger partial charge in [0.15, 0.2) is 0 Å². The van der Waals surface area contributed by atoms with Crippen LogP contribution in [0.3, 0.4) is 0 Å². The number of rotatable bonds is 4. The molecule has 30 heavy (non-hydrogen) atoms. The predicted octanol–water partition coefficient (Wildman–Crippen LogP) is 4.07. The van der Waals surface area contributed by atoms with Crippen molar-refractivity contribution >= 4 is 37.5 Å². The number of hydrogen-bond donors (Lipinski definition) is 0. The van der Waals surface area contributed by atoms with Crippen LogP contribution in [-0.2, 0) is 6.54 Å². The van der Waals surface area contributed by atoms with Crippen LogP contribution in [0.25, 0.3) is 27.3 Å². The molecule has 0 aliphatic rings. The summed E-state index contributed by atoms with van der Waals surface area (Å²) in [6.07, 6.45) is 0. The number of halogens is 1. The second-order valence-electron chi connectivity index (χ2n) is 6.50. The molecule has 0 aliphatic carbocycles. The van der Waals surface area contributed by atoms with E-state index in [0.29, 0.717) is 21.7 Å². The lowest BCUT2D eigenvalue weighted by Gasteiger charge is -2.10. The lowest BCUT2D eigenvalue weighted by molar-refractivity contribution is 0.370. The van der Waals surface area contributed by atoms with Gasteiger partial charge >= 0.3 is 5.69 Å². The first-order valence-electron chi connectivity index (χ1n) is 8.99. The van der Waals surface area contributed by atoms with Gasteiger partial charge in [0.25, 0.3) is 5.56 Å². The van der Waals surface area contributed by atoms with Crippen LogP contribution in [0.5, 0.6) is 0 Å². The quantitative estimate of drug-likeness (QED) is 0.387. The fourth-order valence-electron chi connectivity index (χ4n) is 3.24. The van der Waals surface area contributed by atoms with Gasteiger partial charge in [-0.25, -0.2) is 9.36 Å². The first-order chi connectivity index (χ1) is 14.6. The molecule has 0 bridgehead atoms. The molecule has 0 aliphatic heterocycles. The van der Waals surface area contributed by atoms with Gasteiger partial charge in [-0.2, -0.15) is 4.98 Å². The minimum atomic E-state index is -0.459. The average molecular weight is 481 g/mol. The van der Waals surface area contributed by atoms with E-state index in [1.165, 1.54) is 20.5 Å². The van der Waals surface area contributed by atoms with Crippen molar-refractivity contribution in [2.45, 2.75) is 6.54 Å². The van der Waals surface area contributed by atoms with E-state index >= 15 is 0 Å². The maximum atomic E-state index is 13.3. The van der Waals surface area contributed by atoms with Crippen molar-refractivity contribution in [3.8, 4) is 17.1 Å². The molecule has 0 atom stereocenters. The first kappa shape index (κ1) is 18.7. The summed E-state index contributed by atoms with van der Waals surface area (Å²) in [5, 5.41) is 5.82. The number of fused-ring (bicyclic) bond motifs is 1. The molecule has 5 aromatic rings. The zero-order valence-corrected chi connectivity index (χ0v) is 17.8. The predicted molar refractivity (Wildman–Crippen MR) is 118 cm³/mol. The molecule has 0 unspecified atom stereocenters. The molecule has 148 valence electrons. The van der Waals surface area contributed by atoms with Gasteiger partial charge in [-0.15, -0.1) is 11.3 Å². The zero-order chi connectivity index (χ0) is 20.7. The second kappa shape index (κ2) is 7.51. The van der Waals surface area contributed by atoms with Crippen molar-refractivity contribution in [2.24, 2.45) is 0 Å². The number of thiophene rings is 1. The Balaban J connectivity index is 1.63. The molecule has 3 heterocycles. The van der Waals surface area contributed by atoms with E-state index in [4.69, 9.17) is 4.52 Å². The molecule has 3 aromatic heterocycles. The molecular weight excluding hydrogens is 468 g/mol. The molecular formula is C21H13BrN4O3S. The Morgan fingerprint density at radius 1 is 1.03 bits per heavy atom. The van der Waals surface area contributed by atoms with Crippen LogP contribution < -0.4 is 11.2 Å². The van der Waals surface area contributed by atoms with Gasteiger partial charge in [0, 0.05) is 10.0 Å². The van der Waals surface area contributed by atoms with Crippen LogP contribution >= 0.6 is 27.3 Å². The summed E-state index contributed by atoms with van der Waals surface area (Å²) >= 11 is 4.72. The first-order valence-corrected chi connectivity index (χ1v) is 10.7. The van der Waals surface area contributed by atoms with E-state index in [1.54, 1.807) is 35.7 Å². The maximum absolute atomic E-state index is 13.3. The van der Waals surface area contributed by atoms with Gasteiger partial charge in [0.2, 0.25) is 11.7 Å². The summed E-state index contributed by atoms with van der Waals surface area (Å²) in [6.45, 7) is 0.0557. The molecule has 9 heteroatoms. The Labute approximate surface area is 182 Å². The third-order valence-electron chi connectivity index (χ3n) is 4.61. The lowest BCUT2D eigenvalue weighted by Crippen LogP contribution is -2.38. The van der Waals surface area contributed by atoms with Crippen molar-refractivity contribution in [3.05, 3.63) is 97.2 Å². The average Bonchev–Trinajstić information content (AvgIpc) is 3.42.